The van der Waals surface area contributed by atoms with E-state index in [1.54, 1.807) is 22.4 Å². The molecule has 0 N–H and O–H groups in total. The van der Waals surface area contributed by atoms with Gasteiger partial charge in [0.25, 0.3) is 5.91 Å². The van der Waals surface area contributed by atoms with Crippen molar-refractivity contribution in [3.05, 3.63) is 46.8 Å². The van der Waals surface area contributed by atoms with Gasteiger partial charge < -0.3 is 18.8 Å². The number of thioether (sulfide) groups is 1. The number of amides is 1. The van der Waals surface area contributed by atoms with Gasteiger partial charge in [-0.05, 0) is 17.7 Å². The molecule has 9 heteroatoms. The number of aromatic nitrogens is 1. The third-order valence-electron chi connectivity index (χ3n) is 4.56. The molecule has 7 nitrogen and oxygen atoms in total. The highest BCUT2D eigenvalue weighted by atomic mass is 32.2. The van der Waals surface area contributed by atoms with E-state index >= 15 is 0 Å². The van der Waals surface area contributed by atoms with Crippen molar-refractivity contribution in [3.63, 3.8) is 0 Å². The molecule has 2 aromatic carbocycles. The molecule has 0 radical (unpaired) electrons. The SMILES string of the molecule is COC(=O)Cn1c(=NC(=O)Cc2ccc(SC(C)C)cc2)sc2cc3c(cc21)OCO3. The van der Waals surface area contributed by atoms with Gasteiger partial charge in [-0.2, -0.15) is 4.99 Å². The van der Waals surface area contributed by atoms with Crippen LogP contribution in [-0.2, 0) is 27.3 Å². The lowest BCUT2D eigenvalue weighted by atomic mass is 10.1. The van der Waals surface area contributed by atoms with Crippen LogP contribution in [0.3, 0.4) is 0 Å². The van der Waals surface area contributed by atoms with E-state index in [1.165, 1.54) is 23.3 Å². The lowest BCUT2D eigenvalue weighted by Crippen LogP contribution is -2.22. The minimum atomic E-state index is -0.426. The number of hydrogen-bond acceptors (Lipinski definition) is 7. The summed E-state index contributed by atoms with van der Waals surface area (Å²) in [5, 5.41) is 0.498. The van der Waals surface area contributed by atoms with E-state index in [9.17, 15) is 9.59 Å². The molecule has 0 atom stereocenters. The number of thiazole rings is 1. The molecular formula is C22H22N2O5S2. The first-order chi connectivity index (χ1) is 14.9. The van der Waals surface area contributed by atoms with Crippen LogP contribution in [0, 0.1) is 0 Å². The maximum atomic E-state index is 12.7. The van der Waals surface area contributed by atoms with E-state index in [-0.39, 0.29) is 25.7 Å². The normalized spacial score (nSPS) is 13.2. The largest absolute Gasteiger partial charge is 0.468 e. The minimum Gasteiger partial charge on any atom is -0.468 e. The second-order valence-corrected chi connectivity index (χ2v) is 9.87. The number of rotatable bonds is 6. The van der Waals surface area contributed by atoms with E-state index in [0.29, 0.717) is 21.6 Å². The van der Waals surface area contributed by atoms with Crippen LogP contribution in [0.2, 0.25) is 0 Å². The van der Waals surface area contributed by atoms with Crippen LogP contribution in [0.15, 0.2) is 46.3 Å². The molecule has 31 heavy (non-hydrogen) atoms. The van der Waals surface area contributed by atoms with E-state index in [0.717, 1.165) is 15.8 Å². The van der Waals surface area contributed by atoms with Gasteiger partial charge in [0.1, 0.15) is 6.54 Å². The number of methoxy groups -OCH3 is 1. The number of fused-ring (bicyclic) bond motifs is 2. The van der Waals surface area contributed by atoms with Gasteiger partial charge in [-0.3, -0.25) is 9.59 Å². The number of carbonyl (C=O) groups is 2. The molecule has 0 spiro atoms. The average Bonchev–Trinajstić information content (AvgIpc) is 3.31. The highest BCUT2D eigenvalue weighted by Gasteiger charge is 2.19. The molecule has 162 valence electrons. The zero-order chi connectivity index (χ0) is 22.0. The number of esters is 1. The number of ether oxygens (including phenoxy) is 3. The Balaban J connectivity index is 1.64. The van der Waals surface area contributed by atoms with Crippen molar-refractivity contribution in [3.8, 4) is 11.5 Å². The summed E-state index contributed by atoms with van der Waals surface area (Å²) in [6, 6.07) is 11.6. The highest BCUT2D eigenvalue weighted by molar-refractivity contribution is 7.99. The Morgan fingerprint density at radius 2 is 1.90 bits per heavy atom. The van der Waals surface area contributed by atoms with Gasteiger partial charge in [-0.15, -0.1) is 11.8 Å². The number of nitrogens with zero attached hydrogens (tertiary/aromatic N) is 2. The third-order valence-corrected chi connectivity index (χ3v) is 6.62. The highest BCUT2D eigenvalue weighted by Crippen LogP contribution is 2.37. The standard InChI is InChI=1S/C22H22N2O5S2/c1-13(2)30-15-6-4-14(5-7-15)8-20(25)23-22-24(11-21(26)27-3)16-9-17-18(29-12-28-17)10-19(16)31-22/h4-7,9-10,13H,8,11-12H2,1-3H3. The molecule has 3 aromatic rings. The summed E-state index contributed by atoms with van der Waals surface area (Å²) < 4.78 is 18.2. The second-order valence-electron chi connectivity index (χ2n) is 7.21. The smallest absolute Gasteiger partial charge is 0.325 e. The first-order valence-corrected chi connectivity index (χ1v) is 11.5. The fraction of sp³-hybridized carbons (Fsp3) is 0.318. The van der Waals surface area contributed by atoms with Crippen LogP contribution in [0.5, 0.6) is 11.5 Å². The quantitative estimate of drug-likeness (QED) is 0.413. The van der Waals surface area contributed by atoms with Gasteiger partial charge in [0, 0.05) is 22.3 Å². The van der Waals surface area contributed by atoms with Crippen LogP contribution >= 0.6 is 23.1 Å². The van der Waals surface area contributed by atoms with Crippen molar-refractivity contribution in [2.24, 2.45) is 4.99 Å². The lowest BCUT2D eigenvalue weighted by Gasteiger charge is -2.05. The molecule has 0 saturated heterocycles. The molecule has 1 amide bonds. The molecule has 1 aromatic heterocycles. The number of benzene rings is 2. The van der Waals surface area contributed by atoms with Crippen molar-refractivity contribution in [1.82, 2.24) is 4.57 Å². The van der Waals surface area contributed by atoms with Crippen molar-refractivity contribution in [2.45, 2.75) is 37.0 Å². The minimum absolute atomic E-state index is 0.0522. The maximum absolute atomic E-state index is 12.7. The van der Waals surface area contributed by atoms with Gasteiger partial charge in [-0.1, -0.05) is 37.3 Å². The van der Waals surface area contributed by atoms with Gasteiger partial charge in [0.2, 0.25) is 6.79 Å². The molecule has 1 aliphatic heterocycles. The van der Waals surface area contributed by atoms with Crippen LogP contribution in [0.4, 0.5) is 0 Å². The van der Waals surface area contributed by atoms with Crippen molar-refractivity contribution in [1.29, 1.82) is 0 Å². The molecule has 0 unspecified atom stereocenters. The molecule has 0 aliphatic carbocycles. The van der Waals surface area contributed by atoms with E-state index in [4.69, 9.17) is 14.2 Å². The Bertz CT molecular complexity index is 1200. The van der Waals surface area contributed by atoms with Crippen molar-refractivity contribution >= 4 is 45.2 Å². The van der Waals surface area contributed by atoms with Crippen molar-refractivity contribution < 1.29 is 23.8 Å². The topological polar surface area (TPSA) is 79.1 Å². The summed E-state index contributed by atoms with van der Waals surface area (Å²) in [4.78, 5) is 30.6. The van der Waals surface area contributed by atoms with E-state index in [1.807, 2.05) is 30.3 Å². The fourth-order valence-electron chi connectivity index (χ4n) is 3.17. The Labute approximate surface area is 187 Å². The summed E-state index contributed by atoms with van der Waals surface area (Å²) in [6.07, 6.45) is 0.182. The van der Waals surface area contributed by atoms with Crippen molar-refractivity contribution in [2.75, 3.05) is 13.9 Å². The lowest BCUT2D eigenvalue weighted by molar-refractivity contribution is -0.141. The Kier molecular flexibility index (Phi) is 6.33. The van der Waals surface area contributed by atoms with Crippen LogP contribution in [0.25, 0.3) is 10.2 Å². The summed E-state index contributed by atoms with van der Waals surface area (Å²) in [5.41, 5.74) is 1.63. The maximum Gasteiger partial charge on any atom is 0.325 e. The summed E-state index contributed by atoms with van der Waals surface area (Å²) in [6.45, 7) is 4.39. The Morgan fingerprint density at radius 3 is 2.58 bits per heavy atom. The Hall–Kier alpha value is -2.78. The van der Waals surface area contributed by atoms with E-state index < -0.39 is 5.97 Å². The second kappa shape index (κ2) is 9.15. The van der Waals surface area contributed by atoms with Gasteiger partial charge >= 0.3 is 5.97 Å². The number of hydrogen-bond donors (Lipinski definition) is 0. The molecule has 0 saturated carbocycles. The summed E-state index contributed by atoms with van der Waals surface area (Å²) in [5.74, 6) is 0.524. The molecule has 0 bridgehead atoms. The molecule has 1 aliphatic rings. The average molecular weight is 459 g/mol. The summed E-state index contributed by atoms with van der Waals surface area (Å²) in [7, 11) is 1.33. The first-order valence-electron chi connectivity index (χ1n) is 9.76. The molecular weight excluding hydrogens is 436 g/mol. The van der Waals surface area contributed by atoms with Crippen LogP contribution in [0.1, 0.15) is 19.4 Å². The predicted octanol–water partition coefficient (Wildman–Crippen LogP) is 3.78. The zero-order valence-electron chi connectivity index (χ0n) is 17.4. The Morgan fingerprint density at radius 1 is 1.19 bits per heavy atom. The van der Waals surface area contributed by atoms with Crippen LogP contribution in [-0.4, -0.2) is 35.6 Å². The van der Waals surface area contributed by atoms with E-state index in [2.05, 4.69) is 18.8 Å². The zero-order valence-corrected chi connectivity index (χ0v) is 19.0. The fourth-order valence-corrected chi connectivity index (χ4v) is 5.06. The number of carbonyl (C=O) groups excluding carboxylic acids is 2. The monoisotopic (exact) mass is 458 g/mol. The molecule has 4 rings (SSSR count). The summed E-state index contributed by atoms with van der Waals surface area (Å²) >= 11 is 3.09. The molecule has 0 fully saturated rings. The van der Waals surface area contributed by atoms with Gasteiger partial charge in [0.15, 0.2) is 16.3 Å². The molecule has 2 heterocycles. The first kappa shape index (κ1) is 21.5. The van der Waals surface area contributed by atoms with Crippen LogP contribution < -0.4 is 14.3 Å². The third kappa shape index (κ3) is 4.94. The predicted molar refractivity (Wildman–Crippen MR) is 120 cm³/mol. The van der Waals surface area contributed by atoms with Gasteiger partial charge in [0.05, 0.1) is 23.7 Å². The van der Waals surface area contributed by atoms with Gasteiger partial charge in [-0.25, -0.2) is 0 Å².